The van der Waals surface area contributed by atoms with Gasteiger partial charge in [0.05, 0.1) is 0 Å². The predicted octanol–water partition coefficient (Wildman–Crippen LogP) is 4.51. The quantitative estimate of drug-likeness (QED) is 0.840. The molecular weight excluding hydrogens is 242 g/mol. The van der Waals surface area contributed by atoms with Crippen LogP contribution < -0.4 is 5.32 Å². The van der Waals surface area contributed by atoms with Crippen LogP contribution in [0.5, 0.6) is 0 Å². The summed E-state index contributed by atoms with van der Waals surface area (Å²) in [5.74, 6) is 0. The fourth-order valence-electron chi connectivity index (χ4n) is 2.68. The van der Waals surface area contributed by atoms with Gasteiger partial charge in [0.25, 0.3) is 0 Å². The Bertz CT molecular complexity index is 584. The largest absolute Gasteiger partial charge is 0.316 e. The van der Waals surface area contributed by atoms with Crippen molar-refractivity contribution in [3.63, 3.8) is 0 Å². The molecule has 0 unspecified atom stereocenters. The first-order valence-corrected chi connectivity index (χ1v) is 7.55. The average Bonchev–Trinajstić information content (AvgIpc) is 2.49. The van der Waals surface area contributed by atoms with Crippen molar-refractivity contribution in [2.45, 2.75) is 40.2 Å². The van der Waals surface area contributed by atoms with Gasteiger partial charge in [-0.25, -0.2) is 0 Å². The molecule has 0 radical (unpaired) electrons. The maximum atomic E-state index is 3.23. The molecule has 1 heteroatoms. The summed E-state index contributed by atoms with van der Waals surface area (Å²) < 4.78 is 0. The zero-order valence-electron chi connectivity index (χ0n) is 13.1. The Morgan fingerprint density at radius 3 is 2.20 bits per heavy atom. The molecule has 0 atom stereocenters. The van der Waals surface area contributed by atoms with Crippen molar-refractivity contribution in [3.05, 3.63) is 58.7 Å². The number of nitrogens with one attached hydrogen (secondary N) is 1. The van der Waals surface area contributed by atoms with Gasteiger partial charge in [-0.15, -0.1) is 0 Å². The molecule has 2 aromatic rings. The van der Waals surface area contributed by atoms with E-state index in [0.717, 1.165) is 19.4 Å². The summed E-state index contributed by atoms with van der Waals surface area (Å²) >= 11 is 0. The molecule has 1 N–H and O–H groups in total. The second-order valence-corrected chi connectivity index (χ2v) is 5.38. The minimum atomic E-state index is 0.919. The first kappa shape index (κ1) is 14.8. The molecule has 2 aromatic carbocycles. The van der Waals surface area contributed by atoms with Crippen LogP contribution in [0.2, 0.25) is 0 Å². The molecule has 0 heterocycles. The van der Waals surface area contributed by atoms with Gasteiger partial charge >= 0.3 is 0 Å². The van der Waals surface area contributed by atoms with Crippen LogP contribution >= 0.6 is 0 Å². The second-order valence-electron chi connectivity index (χ2n) is 5.38. The van der Waals surface area contributed by atoms with E-state index in [0.29, 0.717) is 0 Å². The lowest BCUT2D eigenvalue weighted by atomic mass is 9.91. The number of hydrogen-bond acceptors (Lipinski definition) is 1. The molecule has 0 saturated heterocycles. The van der Waals surface area contributed by atoms with Crippen LogP contribution in [0.15, 0.2) is 36.4 Å². The standard InChI is InChI=1S/C19H25N/c1-5-15-9-10-17(6-2)19(11-15)18-12-16(13-20-4)8-7-14(18)3/h7-12,20H,5-6,13H2,1-4H3. The van der Waals surface area contributed by atoms with Crippen LogP contribution in [0.25, 0.3) is 11.1 Å². The van der Waals surface area contributed by atoms with Crippen LogP contribution in [0, 0.1) is 6.92 Å². The number of benzene rings is 2. The number of rotatable bonds is 5. The van der Waals surface area contributed by atoms with Gasteiger partial charge in [0, 0.05) is 6.54 Å². The molecule has 0 bridgehead atoms. The minimum Gasteiger partial charge on any atom is -0.316 e. The lowest BCUT2D eigenvalue weighted by molar-refractivity contribution is 0.818. The lowest BCUT2D eigenvalue weighted by Crippen LogP contribution is -2.05. The molecule has 1 nitrogen and oxygen atoms in total. The summed E-state index contributed by atoms with van der Waals surface area (Å²) in [4.78, 5) is 0. The highest BCUT2D eigenvalue weighted by Gasteiger charge is 2.08. The van der Waals surface area contributed by atoms with E-state index in [9.17, 15) is 0 Å². The van der Waals surface area contributed by atoms with Gasteiger partial charge in [-0.1, -0.05) is 44.2 Å². The van der Waals surface area contributed by atoms with Gasteiger partial charge in [-0.3, -0.25) is 0 Å². The maximum Gasteiger partial charge on any atom is 0.0202 e. The monoisotopic (exact) mass is 267 g/mol. The molecule has 0 saturated carbocycles. The van der Waals surface area contributed by atoms with Crippen molar-refractivity contribution < 1.29 is 0 Å². The molecule has 0 fully saturated rings. The van der Waals surface area contributed by atoms with Crippen molar-refractivity contribution in [1.29, 1.82) is 0 Å². The average molecular weight is 267 g/mol. The molecule has 0 aliphatic heterocycles. The van der Waals surface area contributed by atoms with Gasteiger partial charge in [0.1, 0.15) is 0 Å². The number of hydrogen-bond donors (Lipinski definition) is 1. The van der Waals surface area contributed by atoms with E-state index in [1.807, 2.05) is 7.05 Å². The van der Waals surface area contributed by atoms with Crippen molar-refractivity contribution in [2.24, 2.45) is 0 Å². The van der Waals surface area contributed by atoms with Gasteiger partial charge in [-0.05, 0) is 66.3 Å². The number of aryl methyl sites for hydroxylation is 3. The molecule has 20 heavy (non-hydrogen) atoms. The Morgan fingerprint density at radius 1 is 0.850 bits per heavy atom. The topological polar surface area (TPSA) is 12.0 Å². The third kappa shape index (κ3) is 3.10. The molecule has 0 amide bonds. The maximum absolute atomic E-state index is 3.23. The molecule has 0 spiro atoms. The van der Waals surface area contributed by atoms with Crippen LogP contribution in [0.1, 0.15) is 36.1 Å². The zero-order chi connectivity index (χ0) is 14.5. The van der Waals surface area contributed by atoms with E-state index in [4.69, 9.17) is 0 Å². The van der Waals surface area contributed by atoms with Gasteiger partial charge in [-0.2, -0.15) is 0 Å². The zero-order valence-corrected chi connectivity index (χ0v) is 13.1. The van der Waals surface area contributed by atoms with Crippen LogP contribution in [-0.2, 0) is 19.4 Å². The Morgan fingerprint density at radius 2 is 1.55 bits per heavy atom. The highest BCUT2D eigenvalue weighted by Crippen LogP contribution is 2.29. The van der Waals surface area contributed by atoms with Crippen LogP contribution in [0.4, 0.5) is 0 Å². The molecule has 0 aromatic heterocycles. The van der Waals surface area contributed by atoms with E-state index < -0.39 is 0 Å². The SMILES string of the molecule is CCc1ccc(CC)c(-c2cc(CNC)ccc2C)c1. The van der Waals surface area contributed by atoms with Crippen LogP contribution in [-0.4, -0.2) is 7.05 Å². The van der Waals surface area contributed by atoms with Gasteiger partial charge in [0.2, 0.25) is 0 Å². The second kappa shape index (κ2) is 6.71. The highest BCUT2D eigenvalue weighted by atomic mass is 14.8. The molecule has 0 aliphatic carbocycles. The van der Waals surface area contributed by atoms with E-state index in [-0.39, 0.29) is 0 Å². The van der Waals surface area contributed by atoms with Gasteiger partial charge < -0.3 is 5.32 Å². The Kier molecular flexibility index (Phi) is 4.97. The van der Waals surface area contributed by atoms with E-state index in [2.05, 4.69) is 62.5 Å². The van der Waals surface area contributed by atoms with Crippen molar-refractivity contribution >= 4 is 0 Å². The van der Waals surface area contributed by atoms with E-state index in [1.54, 1.807) is 0 Å². The van der Waals surface area contributed by atoms with E-state index >= 15 is 0 Å². The predicted molar refractivity (Wildman–Crippen MR) is 88.1 cm³/mol. The molecular formula is C19H25N. The third-order valence-electron chi connectivity index (χ3n) is 3.94. The lowest BCUT2D eigenvalue weighted by Gasteiger charge is -2.14. The first-order valence-electron chi connectivity index (χ1n) is 7.55. The fourth-order valence-corrected chi connectivity index (χ4v) is 2.68. The summed E-state index contributed by atoms with van der Waals surface area (Å²) in [6, 6.07) is 13.7. The Balaban J connectivity index is 2.56. The molecule has 106 valence electrons. The smallest absolute Gasteiger partial charge is 0.0202 e. The van der Waals surface area contributed by atoms with Crippen molar-refractivity contribution in [2.75, 3.05) is 7.05 Å². The van der Waals surface area contributed by atoms with Gasteiger partial charge in [0.15, 0.2) is 0 Å². The summed E-state index contributed by atoms with van der Waals surface area (Å²) in [6.45, 7) is 7.57. The highest BCUT2D eigenvalue weighted by molar-refractivity contribution is 5.72. The summed E-state index contributed by atoms with van der Waals surface area (Å²) in [6.07, 6.45) is 2.17. The molecule has 2 rings (SSSR count). The first-order chi connectivity index (χ1) is 9.69. The third-order valence-corrected chi connectivity index (χ3v) is 3.94. The summed E-state index contributed by atoms with van der Waals surface area (Å²) in [7, 11) is 1.99. The normalized spacial score (nSPS) is 10.8. The summed E-state index contributed by atoms with van der Waals surface area (Å²) in [5.41, 5.74) is 8.33. The summed E-state index contributed by atoms with van der Waals surface area (Å²) in [5, 5.41) is 3.23. The van der Waals surface area contributed by atoms with Crippen molar-refractivity contribution in [1.82, 2.24) is 5.32 Å². The van der Waals surface area contributed by atoms with Crippen LogP contribution in [0.3, 0.4) is 0 Å². The van der Waals surface area contributed by atoms with E-state index in [1.165, 1.54) is 33.4 Å². The minimum absolute atomic E-state index is 0.919. The fraction of sp³-hybridized carbons (Fsp3) is 0.368. The molecule has 0 aliphatic rings. The van der Waals surface area contributed by atoms with Crippen molar-refractivity contribution in [3.8, 4) is 11.1 Å². The Hall–Kier alpha value is -1.60. The Labute approximate surface area is 123 Å².